The number of carbonyl (C=O) groups is 1. The second-order valence-corrected chi connectivity index (χ2v) is 6.58. The van der Waals surface area contributed by atoms with E-state index in [2.05, 4.69) is 24.1 Å². The second-order valence-electron chi connectivity index (χ2n) is 6.17. The highest BCUT2D eigenvalue weighted by Gasteiger charge is 2.12. The molecular weight excluding hydrogens is 334 g/mol. The van der Waals surface area contributed by atoms with Gasteiger partial charge in [-0.25, -0.2) is 0 Å². The van der Waals surface area contributed by atoms with Crippen LogP contribution in [-0.4, -0.2) is 32.6 Å². The van der Waals surface area contributed by atoms with Crippen LogP contribution in [0.1, 0.15) is 19.4 Å². The van der Waals surface area contributed by atoms with E-state index in [1.165, 1.54) is 5.69 Å². The molecule has 25 heavy (non-hydrogen) atoms. The predicted octanol–water partition coefficient (Wildman–Crippen LogP) is 2.84. The fourth-order valence-electron chi connectivity index (χ4n) is 2.85. The summed E-state index contributed by atoms with van der Waals surface area (Å²) in [6, 6.07) is 15.7. The van der Waals surface area contributed by atoms with Gasteiger partial charge in [0.2, 0.25) is 0 Å². The van der Waals surface area contributed by atoms with Crippen LogP contribution in [0.25, 0.3) is 0 Å². The smallest absolute Gasteiger partial charge is 0.279 e. The van der Waals surface area contributed by atoms with E-state index in [1.807, 2.05) is 55.6 Å². The minimum Gasteiger partial charge on any atom is -0.372 e. The van der Waals surface area contributed by atoms with Crippen LogP contribution >= 0.6 is 11.6 Å². The Morgan fingerprint density at radius 2 is 1.72 bits per heavy atom. The van der Waals surface area contributed by atoms with Gasteiger partial charge in [-0.05, 0) is 44.2 Å². The van der Waals surface area contributed by atoms with E-state index in [0.717, 1.165) is 34.3 Å². The number of quaternary nitrogens is 1. The second kappa shape index (κ2) is 9.44. The molecule has 4 nitrogen and oxygen atoms in total. The number of rotatable bonds is 8. The van der Waals surface area contributed by atoms with Crippen molar-refractivity contribution < 1.29 is 9.69 Å². The summed E-state index contributed by atoms with van der Waals surface area (Å²) in [7, 11) is 1.99. The van der Waals surface area contributed by atoms with E-state index in [4.69, 9.17) is 11.6 Å². The molecule has 0 saturated carbocycles. The Balaban J connectivity index is 1.88. The molecule has 0 bridgehead atoms. The number of hydrogen-bond acceptors (Lipinski definition) is 2. The first kappa shape index (κ1) is 19.3. The highest BCUT2D eigenvalue weighted by Crippen LogP contribution is 2.17. The van der Waals surface area contributed by atoms with Crippen LogP contribution in [0, 0.1) is 0 Å². The predicted molar refractivity (Wildman–Crippen MR) is 106 cm³/mol. The number of halogens is 1. The normalized spacial score (nSPS) is 11.8. The van der Waals surface area contributed by atoms with Gasteiger partial charge in [-0.15, -0.1) is 0 Å². The minimum atomic E-state index is 0.000132. The van der Waals surface area contributed by atoms with E-state index >= 15 is 0 Å². The molecule has 0 aromatic heterocycles. The molecule has 2 N–H and O–H groups in total. The molecule has 0 aliphatic carbocycles. The van der Waals surface area contributed by atoms with E-state index in [9.17, 15) is 4.79 Å². The lowest BCUT2D eigenvalue weighted by Gasteiger charge is -2.21. The van der Waals surface area contributed by atoms with Crippen LogP contribution in [0.5, 0.6) is 0 Å². The zero-order valence-corrected chi connectivity index (χ0v) is 15.9. The van der Waals surface area contributed by atoms with Crippen molar-refractivity contribution in [3.63, 3.8) is 0 Å². The van der Waals surface area contributed by atoms with Crippen molar-refractivity contribution in [1.29, 1.82) is 0 Å². The first-order chi connectivity index (χ1) is 12.0. The van der Waals surface area contributed by atoms with Gasteiger partial charge in [0.25, 0.3) is 5.91 Å². The number of nitrogens with one attached hydrogen (secondary N) is 2. The van der Waals surface area contributed by atoms with Gasteiger partial charge in [0, 0.05) is 35.1 Å². The Labute approximate surface area is 155 Å². The number of hydrogen-bond donors (Lipinski definition) is 2. The lowest BCUT2D eigenvalue weighted by Crippen LogP contribution is -3.08. The van der Waals surface area contributed by atoms with Gasteiger partial charge >= 0.3 is 0 Å². The molecule has 1 unspecified atom stereocenters. The van der Waals surface area contributed by atoms with Gasteiger partial charge in [0.1, 0.15) is 6.54 Å². The summed E-state index contributed by atoms with van der Waals surface area (Å²) < 4.78 is 0. The lowest BCUT2D eigenvalue weighted by atomic mass is 10.2. The summed E-state index contributed by atoms with van der Waals surface area (Å²) >= 11 is 6.18. The summed E-state index contributed by atoms with van der Waals surface area (Å²) in [5.41, 5.74) is 3.05. The number of anilines is 2. The molecule has 0 fully saturated rings. The van der Waals surface area contributed by atoms with Crippen molar-refractivity contribution in [1.82, 2.24) is 0 Å². The fraction of sp³-hybridized carbons (Fsp3) is 0.350. The molecule has 2 aromatic carbocycles. The molecule has 134 valence electrons. The van der Waals surface area contributed by atoms with Gasteiger partial charge in [-0.2, -0.15) is 0 Å². The highest BCUT2D eigenvalue weighted by atomic mass is 35.5. The molecule has 5 heteroatoms. The molecule has 0 saturated heterocycles. The molecule has 2 rings (SSSR count). The van der Waals surface area contributed by atoms with Crippen LogP contribution in [0.4, 0.5) is 11.4 Å². The van der Waals surface area contributed by atoms with E-state index in [0.29, 0.717) is 13.1 Å². The monoisotopic (exact) mass is 360 g/mol. The van der Waals surface area contributed by atoms with E-state index in [1.54, 1.807) is 0 Å². The summed E-state index contributed by atoms with van der Waals surface area (Å²) in [5.74, 6) is 0.000132. The minimum absolute atomic E-state index is 0.000132. The van der Waals surface area contributed by atoms with Crippen molar-refractivity contribution in [3.05, 3.63) is 59.1 Å². The lowest BCUT2D eigenvalue weighted by molar-refractivity contribution is -0.885. The quantitative estimate of drug-likeness (QED) is 0.759. The Kier molecular flexibility index (Phi) is 7.29. The molecule has 0 heterocycles. The van der Waals surface area contributed by atoms with Crippen molar-refractivity contribution in [3.8, 4) is 0 Å². The van der Waals surface area contributed by atoms with Gasteiger partial charge in [0.15, 0.2) is 6.54 Å². The maximum absolute atomic E-state index is 12.3. The maximum atomic E-state index is 12.3. The number of benzene rings is 2. The van der Waals surface area contributed by atoms with Crippen molar-refractivity contribution in [2.45, 2.75) is 20.4 Å². The zero-order chi connectivity index (χ0) is 18.2. The van der Waals surface area contributed by atoms with Crippen molar-refractivity contribution in [2.24, 2.45) is 0 Å². The zero-order valence-electron chi connectivity index (χ0n) is 15.2. The number of nitrogens with zero attached hydrogens (tertiary/aromatic N) is 1. The average molecular weight is 361 g/mol. The first-order valence-electron chi connectivity index (χ1n) is 8.73. The van der Waals surface area contributed by atoms with Gasteiger partial charge < -0.3 is 15.1 Å². The maximum Gasteiger partial charge on any atom is 0.279 e. The Bertz CT molecular complexity index is 684. The number of amides is 1. The Hall–Kier alpha value is -2.04. The summed E-state index contributed by atoms with van der Waals surface area (Å²) in [5, 5.41) is 3.71. The number of carbonyl (C=O) groups excluding carboxylic acids is 1. The molecule has 1 amide bonds. The molecule has 0 spiro atoms. The molecule has 0 aliphatic rings. The third kappa shape index (κ3) is 5.76. The first-order valence-corrected chi connectivity index (χ1v) is 9.10. The van der Waals surface area contributed by atoms with Gasteiger partial charge in [-0.1, -0.05) is 29.8 Å². The molecule has 0 aliphatic heterocycles. The molecule has 0 radical (unpaired) electrons. The van der Waals surface area contributed by atoms with Crippen LogP contribution in [0.15, 0.2) is 48.5 Å². The Morgan fingerprint density at radius 3 is 2.32 bits per heavy atom. The molecular formula is C20H27ClN3O+. The molecule has 2 aromatic rings. The summed E-state index contributed by atoms with van der Waals surface area (Å²) in [6.07, 6.45) is 0. The van der Waals surface area contributed by atoms with Gasteiger partial charge in [0.05, 0.1) is 7.05 Å². The summed E-state index contributed by atoms with van der Waals surface area (Å²) in [6.45, 7) is 7.32. The topological polar surface area (TPSA) is 36.8 Å². The standard InChI is InChI=1S/C20H26ClN3O/c1-4-24(5-2)18-12-10-17(11-13-18)22-20(25)15-23(3)14-16-8-6-7-9-19(16)21/h6-13H,4-5,14-15H2,1-3H3,(H,22,25)/p+1. The Morgan fingerprint density at radius 1 is 1.08 bits per heavy atom. The van der Waals surface area contributed by atoms with E-state index < -0.39 is 0 Å². The molecule has 1 atom stereocenters. The summed E-state index contributed by atoms with van der Waals surface area (Å²) in [4.78, 5) is 15.6. The highest BCUT2D eigenvalue weighted by molar-refractivity contribution is 6.31. The van der Waals surface area contributed by atoms with E-state index in [-0.39, 0.29) is 5.91 Å². The fourth-order valence-corrected chi connectivity index (χ4v) is 3.06. The number of likely N-dealkylation sites (N-methyl/N-ethyl adjacent to an activating group) is 1. The van der Waals surface area contributed by atoms with Crippen LogP contribution < -0.4 is 15.1 Å². The van der Waals surface area contributed by atoms with Gasteiger partial charge in [-0.3, -0.25) is 4.79 Å². The van der Waals surface area contributed by atoms with Crippen LogP contribution in [0.3, 0.4) is 0 Å². The average Bonchev–Trinajstić information content (AvgIpc) is 2.59. The van der Waals surface area contributed by atoms with Crippen molar-refractivity contribution >= 4 is 28.9 Å². The third-order valence-electron chi connectivity index (χ3n) is 4.19. The largest absolute Gasteiger partial charge is 0.372 e. The third-order valence-corrected chi connectivity index (χ3v) is 4.56. The van der Waals surface area contributed by atoms with Crippen LogP contribution in [0.2, 0.25) is 5.02 Å². The van der Waals surface area contributed by atoms with Crippen LogP contribution in [-0.2, 0) is 11.3 Å². The van der Waals surface area contributed by atoms with Crippen molar-refractivity contribution in [2.75, 3.05) is 36.9 Å². The SMILES string of the molecule is CCN(CC)c1ccc(NC(=O)C[NH+](C)Cc2ccccc2Cl)cc1.